The number of aromatic nitrogens is 2. The first-order chi connectivity index (χ1) is 18.9. The minimum absolute atomic E-state index is 0.0307. The SMILES string of the molecule is C=C(CC)CCCOc1ccc(-c2cc3c4c(cnc3cc2F)N(C)C(=O)CC(C2CCC(OC)C2)=C4)cn1. The molecular weight excluding hydrogens is 493 g/mol. The summed E-state index contributed by atoms with van der Waals surface area (Å²) in [5.74, 6) is 0.460. The van der Waals surface area contributed by atoms with Crippen LogP contribution in [0.4, 0.5) is 10.1 Å². The lowest BCUT2D eigenvalue weighted by molar-refractivity contribution is -0.117. The molecule has 2 atom stereocenters. The normalized spacial score (nSPS) is 19.1. The highest BCUT2D eigenvalue weighted by Crippen LogP contribution is 2.41. The molecule has 1 amide bonds. The number of hydrogen-bond acceptors (Lipinski definition) is 5. The quantitative estimate of drug-likeness (QED) is 0.218. The van der Waals surface area contributed by atoms with Crippen molar-refractivity contribution >= 4 is 28.6 Å². The van der Waals surface area contributed by atoms with Crippen LogP contribution in [0.2, 0.25) is 0 Å². The summed E-state index contributed by atoms with van der Waals surface area (Å²) in [5, 5.41) is 0.806. The molecule has 3 heterocycles. The molecule has 1 aromatic carbocycles. The van der Waals surface area contributed by atoms with Crippen molar-refractivity contribution in [2.24, 2.45) is 5.92 Å². The number of ether oxygens (including phenoxy) is 2. The van der Waals surface area contributed by atoms with E-state index in [1.54, 1.807) is 37.5 Å². The summed E-state index contributed by atoms with van der Waals surface area (Å²) < 4.78 is 26.7. The molecule has 0 radical (unpaired) electrons. The molecule has 2 aliphatic rings. The number of carbonyl (C=O) groups is 1. The van der Waals surface area contributed by atoms with Crippen molar-refractivity contribution in [2.45, 2.75) is 58.0 Å². The van der Waals surface area contributed by atoms with Crippen LogP contribution < -0.4 is 9.64 Å². The summed E-state index contributed by atoms with van der Waals surface area (Å²) >= 11 is 0. The maximum Gasteiger partial charge on any atom is 0.230 e. The summed E-state index contributed by atoms with van der Waals surface area (Å²) in [6, 6.07) is 6.89. The molecule has 204 valence electrons. The van der Waals surface area contributed by atoms with Crippen molar-refractivity contribution < 1.29 is 18.7 Å². The first-order valence-corrected chi connectivity index (χ1v) is 13.8. The summed E-state index contributed by atoms with van der Waals surface area (Å²) in [6.45, 7) is 6.68. The standard InChI is InChI=1S/C32H36FN3O3/c1-5-20(2)7-6-12-39-31-11-9-22(18-35-31)25-16-26-27-14-23(21-8-10-24(13-21)38-4)15-32(37)36(3)30(27)19-34-29(26)17-28(25)33/h9,11,14,16-19,21,24H,2,5-8,10,12-13,15H2,1,3-4H3. The predicted molar refractivity (Wildman–Crippen MR) is 153 cm³/mol. The highest BCUT2D eigenvalue weighted by atomic mass is 19.1. The van der Waals surface area contributed by atoms with E-state index in [4.69, 9.17) is 9.47 Å². The topological polar surface area (TPSA) is 64.5 Å². The highest BCUT2D eigenvalue weighted by molar-refractivity contribution is 6.05. The van der Waals surface area contributed by atoms with Gasteiger partial charge in [0.1, 0.15) is 5.82 Å². The van der Waals surface area contributed by atoms with Gasteiger partial charge in [0.2, 0.25) is 11.8 Å². The number of hydrogen-bond donors (Lipinski definition) is 0. The lowest BCUT2D eigenvalue weighted by atomic mass is 9.92. The number of allylic oxidation sites excluding steroid dienone is 1. The van der Waals surface area contributed by atoms with Gasteiger partial charge in [-0.05, 0) is 56.6 Å². The van der Waals surface area contributed by atoms with Crippen LogP contribution in [0.3, 0.4) is 0 Å². The van der Waals surface area contributed by atoms with Gasteiger partial charge in [0.25, 0.3) is 0 Å². The van der Waals surface area contributed by atoms with E-state index in [0.717, 1.165) is 60.7 Å². The Kier molecular flexibility index (Phi) is 8.07. The molecule has 2 unspecified atom stereocenters. The Morgan fingerprint density at radius 1 is 1.21 bits per heavy atom. The second-order valence-corrected chi connectivity index (χ2v) is 10.6. The van der Waals surface area contributed by atoms with Gasteiger partial charge < -0.3 is 14.4 Å². The minimum Gasteiger partial charge on any atom is -0.478 e. The molecule has 39 heavy (non-hydrogen) atoms. The lowest BCUT2D eigenvalue weighted by Crippen LogP contribution is -2.26. The van der Waals surface area contributed by atoms with E-state index < -0.39 is 0 Å². The smallest absolute Gasteiger partial charge is 0.230 e. The van der Waals surface area contributed by atoms with Crippen molar-refractivity contribution in [3.05, 3.63) is 65.8 Å². The molecule has 7 heteroatoms. The van der Waals surface area contributed by atoms with Gasteiger partial charge in [0, 0.05) is 61.0 Å². The Balaban J connectivity index is 1.47. The van der Waals surface area contributed by atoms with Crippen LogP contribution in [0.25, 0.3) is 28.1 Å². The van der Waals surface area contributed by atoms with E-state index in [9.17, 15) is 4.79 Å². The van der Waals surface area contributed by atoms with Crippen LogP contribution >= 0.6 is 0 Å². The molecule has 0 bridgehead atoms. The Morgan fingerprint density at radius 3 is 2.77 bits per heavy atom. The van der Waals surface area contributed by atoms with Crippen LogP contribution in [-0.4, -0.2) is 42.7 Å². The van der Waals surface area contributed by atoms with E-state index in [0.29, 0.717) is 35.6 Å². The first kappa shape index (κ1) is 27.0. The number of benzene rings is 1. The number of methoxy groups -OCH3 is 1. The van der Waals surface area contributed by atoms with Crippen LogP contribution in [-0.2, 0) is 9.53 Å². The molecule has 1 saturated carbocycles. The number of fused-ring (bicyclic) bond motifs is 3. The van der Waals surface area contributed by atoms with Crippen LogP contribution in [0.5, 0.6) is 5.88 Å². The van der Waals surface area contributed by atoms with Crippen molar-refractivity contribution in [1.82, 2.24) is 9.97 Å². The van der Waals surface area contributed by atoms with E-state index in [1.165, 1.54) is 11.6 Å². The molecule has 0 spiro atoms. The van der Waals surface area contributed by atoms with Crippen molar-refractivity contribution in [1.29, 1.82) is 0 Å². The third-order valence-electron chi connectivity index (χ3n) is 8.11. The van der Waals surface area contributed by atoms with Gasteiger partial charge in [-0.3, -0.25) is 9.78 Å². The van der Waals surface area contributed by atoms with Crippen molar-refractivity contribution in [3.63, 3.8) is 0 Å². The Morgan fingerprint density at radius 2 is 2.05 bits per heavy atom. The number of pyridine rings is 2. The zero-order valence-corrected chi connectivity index (χ0v) is 23.0. The van der Waals surface area contributed by atoms with Crippen LogP contribution in [0, 0.1) is 11.7 Å². The average molecular weight is 530 g/mol. The van der Waals surface area contributed by atoms with Gasteiger partial charge in [-0.15, -0.1) is 0 Å². The van der Waals surface area contributed by atoms with Gasteiger partial charge in [-0.1, -0.05) is 30.7 Å². The molecule has 5 rings (SSSR count). The van der Waals surface area contributed by atoms with Gasteiger partial charge >= 0.3 is 0 Å². The third-order valence-corrected chi connectivity index (χ3v) is 8.11. The lowest BCUT2D eigenvalue weighted by Gasteiger charge is -2.18. The molecular formula is C32H36FN3O3. The Hall–Kier alpha value is -3.58. The van der Waals surface area contributed by atoms with Crippen molar-refractivity contribution in [3.8, 4) is 17.0 Å². The molecule has 2 aromatic heterocycles. The fraction of sp³-hybridized carbons (Fsp3) is 0.406. The van der Waals surface area contributed by atoms with Gasteiger partial charge in [-0.25, -0.2) is 9.37 Å². The van der Waals surface area contributed by atoms with Crippen LogP contribution in [0.15, 0.2) is 54.4 Å². The number of carbonyl (C=O) groups excluding carboxylic acids is 1. The molecule has 6 nitrogen and oxygen atoms in total. The van der Waals surface area contributed by atoms with Crippen molar-refractivity contribution in [2.75, 3.05) is 25.7 Å². The van der Waals surface area contributed by atoms with Gasteiger partial charge in [-0.2, -0.15) is 0 Å². The summed E-state index contributed by atoms with van der Waals surface area (Å²) in [7, 11) is 3.53. The average Bonchev–Trinajstić information content (AvgIpc) is 3.39. The van der Waals surface area contributed by atoms with Crippen LogP contribution in [0.1, 0.15) is 57.4 Å². The van der Waals surface area contributed by atoms with E-state index in [2.05, 4.69) is 29.5 Å². The predicted octanol–water partition coefficient (Wildman–Crippen LogP) is 7.13. The number of amides is 1. The summed E-state index contributed by atoms with van der Waals surface area (Å²) in [5.41, 5.74) is 5.58. The molecule has 1 fully saturated rings. The molecule has 1 aliphatic carbocycles. The van der Waals surface area contributed by atoms with E-state index in [1.807, 2.05) is 12.1 Å². The maximum atomic E-state index is 15.3. The monoisotopic (exact) mass is 529 g/mol. The number of nitrogens with zero attached hydrogens (tertiary/aromatic N) is 3. The molecule has 0 saturated heterocycles. The second-order valence-electron chi connectivity index (χ2n) is 10.6. The maximum absolute atomic E-state index is 15.3. The van der Waals surface area contributed by atoms with E-state index >= 15 is 4.39 Å². The summed E-state index contributed by atoms with van der Waals surface area (Å²) in [4.78, 5) is 23.7. The number of halogens is 1. The zero-order chi connectivity index (χ0) is 27.5. The minimum atomic E-state index is -0.371. The third kappa shape index (κ3) is 5.74. The van der Waals surface area contributed by atoms with E-state index in [-0.39, 0.29) is 23.7 Å². The number of rotatable bonds is 9. The Bertz CT molecular complexity index is 1420. The van der Waals surface area contributed by atoms with Gasteiger partial charge in [0.15, 0.2) is 0 Å². The second kappa shape index (κ2) is 11.7. The fourth-order valence-electron chi connectivity index (χ4n) is 5.58. The number of anilines is 1. The fourth-order valence-corrected chi connectivity index (χ4v) is 5.58. The first-order valence-electron chi connectivity index (χ1n) is 13.8. The Labute approximate surface area is 229 Å². The molecule has 0 N–H and O–H groups in total. The highest BCUT2D eigenvalue weighted by Gasteiger charge is 2.31. The molecule has 1 aliphatic heterocycles. The molecule has 3 aromatic rings. The summed E-state index contributed by atoms with van der Waals surface area (Å²) in [6.07, 6.45) is 11.7. The van der Waals surface area contributed by atoms with Gasteiger partial charge in [0.05, 0.1) is 30.1 Å². The largest absolute Gasteiger partial charge is 0.478 e. The zero-order valence-electron chi connectivity index (χ0n) is 23.0.